The Labute approximate surface area is 114 Å². The number of furan rings is 2. The second-order valence-corrected chi connectivity index (χ2v) is 3.71. The minimum Gasteiger partial charge on any atom is -0.465 e. The van der Waals surface area contributed by atoms with Crippen LogP contribution < -0.4 is 0 Å². The van der Waals surface area contributed by atoms with Gasteiger partial charge in [0.25, 0.3) is 0 Å². The van der Waals surface area contributed by atoms with E-state index in [2.05, 4.69) is 4.74 Å². The third kappa shape index (κ3) is 3.61. The first kappa shape index (κ1) is 13.7. The van der Waals surface area contributed by atoms with Gasteiger partial charge in [0.15, 0.2) is 0 Å². The molecule has 2 heterocycles. The van der Waals surface area contributed by atoms with Crippen LogP contribution in [-0.4, -0.2) is 19.0 Å². The minimum atomic E-state index is -0.583. The van der Waals surface area contributed by atoms with E-state index in [9.17, 15) is 9.59 Å². The predicted molar refractivity (Wildman–Crippen MR) is 67.6 cm³/mol. The molecule has 104 valence electrons. The average Bonchev–Trinajstić information content (AvgIpc) is 3.13. The summed E-state index contributed by atoms with van der Waals surface area (Å²) < 4.78 is 19.6. The van der Waals surface area contributed by atoms with Crippen molar-refractivity contribution in [1.82, 2.24) is 0 Å². The lowest BCUT2D eigenvalue weighted by molar-refractivity contribution is -0.139. The van der Waals surface area contributed by atoms with Crippen LogP contribution in [0, 0.1) is 0 Å². The van der Waals surface area contributed by atoms with E-state index < -0.39 is 11.9 Å². The van der Waals surface area contributed by atoms with Crippen molar-refractivity contribution in [3.05, 3.63) is 53.9 Å². The van der Waals surface area contributed by atoms with Gasteiger partial charge in [-0.15, -0.1) is 0 Å². The van der Waals surface area contributed by atoms with Gasteiger partial charge in [-0.2, -0.15) is 0 Å². The van der Waals surface area contributed by atoms with Crippen LogP contribution >= 0.6 is 0 Å². The standard InChI is InChI=1S/C14H12O6/c1-17-14(16)12-6-4-11(20-12)9-19-13(15)7-5-10-3-2-8-18-10/h2-8H,9H2,1H3/b7-5+. The molecule has 2 rings (SSSR count). The van der Waals surface area contributed by atoms with Crippen LogP contribution in [0.1, 0.15) is 22.1 Å². The van der Waals surface area contributed by atoms with Crippen molar-refractivity contribution in [2.24, 2.45) is 0 Å². The highest BCUT2D eigenvalue weighted by atomic mass is 16.5. The van der Waals surface area contributed by atoms with Gasteiger partial charge in [0.2, 0.25) is 5.76 Å². The van der Waals surface area contributed by atoms with Gasteiger partial charge in [0.05, 0.1) is 13.4 Å². The number of hydrogen-bond donors (Lipinski definition) is 0. The molecule has 0 aromatic carbocycles. The van der Waals surface area contributed by atoms with Crippen molar-refractivity contribution in [2.45, 2.75) is 6.61 Å². The number of esters is 2. The molecular formula is C14H12O6. The highest BCUT2D eigenvalue weighted by Crippen LogP contribution is 2.10. The van der Waals surface area contributed by atoms with Crippen molar-refractivity contribution >= 4 is 18.0 Å². The fourth-order valence-electron chi connectivity index (χ4n) is 1.39. The fraction of sp³-hybridized carbons (Fsp3) is 0.143. The first-order valence-electron chi connectivity index (χ1n) is 5.74. The molecule has 6 heteroatoms. The SMILES string of the molecule is COC(=O)c1ccc(COC(=O)/C=C/c2ccco2)o1. The minimum absolute atomic E-state index is 0.0599. The summed E-state index contributed by atoms with van der Waals surface area (Å²) >= 11 is 0. The molecule has 0 saturated heterocycles. The molecule has 6 nitrogen and oxygen atoms in total. The smallest absolute Gasteiger partial charge is 0.373 e. The van der Waals surface area contributed by atoms with Gasteiger partial charge in [0, 0.05) is 6.08 Å². The van der Waals surface area contributed by atoms with E-state index in [-0.39, 0.29) is 12.4 Å². The van der Waals surface area contributed by atoms with Crippen LogP contribution in [0.5, 0.6) is 0 Å². The molecule has 0 bridgehead atoms. The van der Waals surface area contributed by atoms with Crippen molar-refractivity contribution in [2.75, 3.05) is 7.11 Å². The maximum absolute atomic E-state index is 11.4. The number of hydrogen-bond acceptors (Lipinski definition) is 6. The number of carbonyl (C=O) groups excluding carboxylic acids is 2. The zero-order valence-corrected chi connectivity index (χ0v) is 10.7. The van der Waals surface area contributed by atoms with E-state index >= 15 is 0 Å². The van der Waals surface area contributed by atoms with E-state index in [0.29, 0.717) is 11.5 Å². The summed E-state index contributed by atoms with van der Waals surface area (Å²) in [4.78, 5) is 22.6. The number of methoxy groups -OCH3 is 1. The van der Waals surface area contributed by atoms with Gasteiger partial charge in [-0.05, 0) is 30.3 Å². The van der Waals surface area contributed by atoms with Gasteiger partial charge < -0.3 is 18.3 Å². The third-order valence-electron chi connectivity index (χ3n) is 2.33. The van der Waals surface area contributed by atoms with Gasteiger partial charge in [-0.25, -0.2) is 9.59 Å². The summed E-state index contributed by atoms with van der Waals surface area (Å²) in [7, 11) is 1.25. The number of carbonyl (C=O) groups is 2. The summed E-state index contributed by atoms with van der Waals surface area (Å²) in [6.45, 7) is -0.0711. The Kier molecular flexibility index (Phi) is 4.39. The zero-order chi connectivity index (χ0) is 14.4. The lowest BCUT2D eigenvalue weighted by Crippen LogP contribution is -2.00. The molecular weight excluding hydrogens is 264 g/mol. The zero-order valence-electron chi connectivity index (χ0n) is 10.7. The van der Waals surface area contributed by atoms with E-state index in [1.54, 1.807) is 12.1 Å². The lowest BCUT2D eigenvalue weighted by Gasteiger charge is -1.98. The Balaban J connectivity index is 1.84. The summed E-state index contributed by atoms with van der Waals surface area (Å²) in [5, 5.41) is 0. The maximum Gasteiger partial charge on any atom is 0.373 e. The fourth-order valence-corrected chi connectivity index (χ4v) is 1.39. The maximum atomic E-state index is 11.4. The number of rotatable bonds is 5. The van der Waals surface area contributed by atoms with Crippen LogP contribution in [-0.2, 0) is 20.9 Å². The van der Waals surface area contributed by atoms with Gasteiger partial charge in [0.1, 0.15) is 18.1 Å². The highest BCUT2D eigenvalue weighted by Gasteiger charge is 2.11. The van der Waals surface area contributed by atoms with E-state index in [1.165, 1.54) is 37.7 Å². The predicted octanol–water partition coefficient (Wildman–Crippen LogP) is 2.42. The molecule has 0 saturated carbocycles. The van der Waals surface area contributed by atoms with E-state index in [0.717, 1.165) is 0 Å². The normalized spacial score (nSPS) is 10.7. The quantitative estimate of drug-likeness (QED) is 0.616. The Morgan fingerprint density at radius 2 is 2.15 bits per heavy atom. The molecule has 2 aromatic heterocycles. The highest BCUT2D eigenvalue weighted by molar-refractivity contribution is 5.87. The monoisotopic (exact) mass is 276 g/mol. The molecule has 0 fully saturated rings. The Hall–Kier alpha value is -2.76. The molecule has 0 unspecified atom stereocenters. The topological polar surface area (TPSA) is 78.9 Å². The summed E-state index contributed by atoms with van der Waals surface area (Å²) in [5.41, 5.74) is 0. The van der Waals surface area contributed by atoms with Crippen molar-refractivity contribution in [1.29, 1.82) is 0 Å². The third-order valence-corrected chi connectivity index (χ3v) is 2.33. The number of ether oxygens (including phenoxy) is 2. The first-order chi connectivity index (χ1) is 9.69. The van der Waals surface area contributed by atoms with Crippen molar-refractivity contribution in [3.63, 3.8) is 0 Å². The Morgan fingerprint density at radius 1 is 1.30 bits per heavy atom. The van der Waals surface area contributed by atoms with Crippen molar-refractivity contribution in [3.8, 4) is 0 Å². The molecule has 0 aliphatic heterocycles. The van der Waals surface area contributed by atoms with Crippen LogP contribution in [0.4, 0.5) is 0 Å². The lowest BCUT2D eigenvalue weighted by atomic mass is 10.4. The van der Waals surface area contributed by atoms with Crippen LogP contribution in [0.25, 0.3) is 6.08 Å². The summed E-state index contributed by atoms with van der Waals surface area (Å²) in [6, 6.07) is 6.41. The molecule has 2 aromatic rings. The average molecular weight is 276 g/mol. The molecule has 0 radical (unpaired) electrons. The molecule has 20 heavy (non-hydrogen) atoms. The van der Waals surface area contributed by atoms with Crippen LogP contribution in [0.15, 0.2) is 45.4 Å². The molecule has 0 atom stereocenters. The second kappa shape index (κ2) is 6.42. The molecule has 0 aliphatic carbocycles. The van der Waals surface area contributed by atoms with Gasteiger partial charge in [-0.1, -0.05) is 0 Å². The van der Waals surface area contributed by atoms with E-state index in [1.807, 2.05) is 0 Å². The molecule has 0 aliphatic rings. The van der Waals surface area contributed by atoms with Crippen LogP contribution in [0.3, 0.4) is 0 Å². The van der Waals surface area contributed by atoms with Gasteiger partial charge >= 0.3 is 11.9 Å². The molecule has 0 N–H and O–H groups in total. The van der Waals surface area contributed by atoms with E-state index in [4.69, 9.17) is 13.6 Å². The second-order valence-electron chi connectivity index (χ2n) is 3.71. The van der Waals surface area contributed by atoms with Crippen molar-refractivity contribution < 1.29 is 27.9 Å². The Bertz CT molecular complexity index is 605. The summed E-state index contributed by atoms with van der Waals surface area (Å²) in [6.07, 6.45) is 4.23. The first-order valence-corrected chi connectivity index (χ1v) is 5.74. The molecule has 0 spiro atoms. The molecule has 0 amide bonds. The largest absolute Gasteiger partial charge is 0.465 e. The van der Waals surface area contributed by atoms with Gasteiger partial charge in [-0.3, -0.25) is 0 Å². The Morgan fingerprint density at radius 3 is 2.85 bits per heavy atom. The van der Waals surface area contributed by atoms with Crippen LogP contribution in [0.2, 0.25) is 0 Å². The summed E-state index contributed by atoms with van der Waals surface area (Å²) in [5.74, 6) is -0.166.